The zero-order chi connectivity index (χ0) is 17.5. The number of fused-ring (bicyclic) bond motifs is 1. The molecule has 0 aromatic carbocycles. The second-order valence-corrected chi connectivity index (χ2v) is 8.40. The van der Waals surface area contributed by atoms with Gasteiger partial charge < -0.3 is 4.90 Å². The number of sulfonamides is 1. The highest BCUT2D eigenvalue weighted by molar-refractivity contribution is 7.88. The summed E-state index contributed by atoms with van der Waals surface area (Å²) in [6.45, 7) is 2.89. The van der Waals surface area contributed by atoms with Crippen LogP contribution in [-0.2, 0) is 27.7 Å². The first-order chi connectivity index (χ1) is 11.3. The van der Waals surface area contributed by atoms with Gasteiger partial charge in [0, 0.05) is 32.2 Å². The van der Waals surface area contributed by atoms with Crippen LogP contribution in [-0.4, -0.2) is 65.7 Å². The van der Waals surface area contributed by atoms with Crippen LogP contribution in [0.15, 0.2) is 10.9 Å². The standard InChI is InChI=1S/C15H22N4O4S/c1-11(19-14(20)10-12-4-3-5-13(12)16-19)15(21)17-6-8-18(9-7-17)24(2,22)23/h10-11H,3-9H2,1-2H3/t11-/m0/s1. The molecule has 1 saturated heterocycles. The molecule has 0 saturated carbocycles. The Morgan fingerprint density at radius 3 is 2.50 bits per heavy atom. The molecule has 0 bridgehead atoms. The van der Waals surface area contributed by atoms with E-state index in [0.717, 1.165) is 30.5 Å². The lowest BCUT2D eigenvalue weighted by Crippen LogP contribution is -2.52. The Morgan fingerprint density at radius 1 is 1.21 bits per heavy atom. The molecule has 2 heterocycles. The topological polar surface area (TPSA) is 92.6 Å². The first kappa shape index (κ1) is 17.1. The number of hydrogen-bond acceptors (Lipinski definition) is 5. The van der Waals surface area contributed by atoms with Gasteiger partial charge in [-0.1, -0.05) is 0 Å². The molecular weight excluding hydrogens is 332 g/mol. The van der Waals surface area contributed by atoms with E-state index in [9.17, 15) is 18.0 Å². The van der Waals surface area contributed by atoms with Crippen molar-refractivity contribution in [1.29, 1.82) is 0 Å². The number of carbonyl (C=O) groups is 1. The number of amides is 1. The van der Waals surface area contributed by atoms with Gasteiger partial charge in [-0.15, -0.1) is 0 Å². The molecule has 1 aliphatic carbocycles. The molecular formula is C15H22N4O4S. The van der Waals surface area contributed by atoms with Crippen molar-refractivity contribution >= 4 is 15.9 Å². The van der Waals surface area contributed by atoms with E-state index in [1.165, 1.54) is 15.2 Å². The summed E-state index contributed by atoms with van der Waals surface area (Å²) in [6, 6.07) is 0.897. The van der Waals surface area contributed by atoms with Crippen LogP contribution in [0.4, 0.5) is 0 Å². The summed E-state index contributed by atoms with van der Waals surface area (Å²) in [7, 11) is -3.23. The quantitative estimate of drug-likeness (QED) is 0.722. The van der Waals surface area contributed by atoms with Crippen molar-refractivity contribution in [2.24, 2.45) is 0 Å². The molecule has 132 valence electrons. The van der Waals surface area contributed by atoms with Gasteiger partial charge in [0.25, 0.3) is 5.56 Å². The number of rotatable bonds is 3. The van der Waals surface area contributed by atoms with Gasteiger partial charge in [0.15, 0.2) is 0 Å². The first-order valence-electron chi connectivity index (χ1n) is 8.13. The molecule has 1 amide bonds. The average molecular weight is 354 g/mol. The summed E-state index contributed by atoms with van der Waals surface area (Å²) in [5.41, 5.74) is 1.63. The molecule has 9 heteroatoms. The molecule has 1 aromatic rings. The number of aromatic nitrogens is 2. The maximum Gasteiger partial charge on any atom is 0.267 e. The molecule has 2 aliphatic rings. The van der Waals surface area contributed by atoms with Crippen molar-refractivity contribution in [2.75, 3.05) is 32.4 Å². The Kier molecular flexibility index (Phi) is 4.48. The summed E-state index contributed by atoms with van der Waals surface area (Å²) >= 11 is 0. The molecule has 0 unspecified atom stereocenters. The van der Waals surface area contributed by atoms with Crippen LogP contribution < -0.4 is 5.56 Å². The van der Waals surface area contributed by atoms with Crippen LogP contribution in [0.5, 0.6) is 0 Å². The van der Waals surface area contributed by atoms with Crippen LogP contribution in [0, 0.1) is 0 Å². The second kappa shape index (κ2) is 6.29. The van der Waals surface area contributed by atoms with Crippen LogP contribution in [0.25, 0.3) is 0 Å². The minimum absolute atomic E-state index is 0.198. The fourth-order valence-electron chi connectivity index (χ4n) is 3.30. The molecule has 1 aliphatic heterocycles. The van der Waals surface area contributed by atoms with Crippen LogP contribution in [0.1, 0.15) is 30.6 Å². The second-order valence-electron chi connectivity index (χ2n) is 6.42. The van der Waals surface area contributed by atoms with Crippen LogP contribution in [0.3, 0.4) is 0 Å². The smallest absolute Gasteiger partial charge is 0.267 e. The number of nitrogens with zero attached hydrogens (tertiary/aromatic N) is 4. The molecule has 1 atom stereocenters. The molecule has 0 spiro atoms. The van der Waals surface area contributed by atoms with Crippen molar-refractivity contribution in [3.63, 3.8) is 0 Å². The van der Waals surface area contributed by atoms with E-state index in [4.69, 9.17) is 0 Å². The van der Waals surface area contributed by atoms with Crippen molar-refractivity contribution in [3.8, 4) is 0 Å². The van der Waals surface area contributed by atoms with E-state index in [-0.39, 0.29) is 24.6 Å². The Bertz CT molecular complexity index is 809. The predicted octanol–water partition coefficient (Wildman–Crippen LogP) is -0.603. The molecule has 0 N–H and O–H groups in total. The molecule has 8 nitrogen and oxygen atoms in total. The van der Waals surface area contributed by atoms with E-state index in [1.54, 1.807) is 17.9 Å². The highest BCUT2D eigenvalue weighted by Crippen LogP contribution is 2.19. The van der Waals surface area contributed by atoms with Crippen LogP contribution >= 0.6 is 0 Å². The van der Waals surface area contributed by atoms with Gasteiger partial charge in [0.2, 0.25) is 15.9 Å². The largest absolute Gasteiger partial charge is 0.338 e. The Labute approximate surface area is 141 Å². The van der Waals surface area contributed by atoms with E-state index in [2.05, 4.69) is 5.10 Å². The van der Waals surface area contributed by atoms with Crippen molar-refractivity contribution in [1.82, 2.24) is 19.0 Å². The molecule has 1 fully saturated rings. The summed E-state index contributed by atoms with van der Waals surface area (Å²) in [5.74, 6) is -0.198. The minimum Gasteiger partial charge on any atom is -0.338 e. The van der Waals surface area contributed by atoms with E-state index < -0.39 is 16.1 Å². The Hall–Kier alpha value is -1.74. The number of aryl methyl sites for hydroxylation is 2. The van der Waals surface area contributed by atoms with Crippen molar-refractivity contribution in [2.45, 2.75) is 32.2 Å². The van der Waals surface area contributed by atoms with Gasteiger partial charge in [-0.25, -0.2) is 13.1 Å². The maximum atomic E-state index is 12.7. The molecule has 0 radical (unpaired) electrons. The van der Waals surface area contributed by atoms with E-state index in [0.29, 0.717) is 13.1 Å². The zero-order valence-electron chi connectivity index (χ0n) is 13.9. The monoisotopic (exact) mass is 354 g/mol. The van der Waals surface area contributed by atoms with Gasteiger partial charge >= 0.3 is 0 Å². The SMILES string of the molecule is C[C@@H](C(=O)N1CCN(S(C)(=O)=O)CC1)n1nc2c(cc1=O)CCC2. The molecule has 1 aromatic heterocycles. The van der Waals surface area contributed by atoms with Gasteiger partial charge in [-0.3, -0.25) is 9.59 Å². The predicted molar refractivity (Wildman–Crippen MR) is 88.2 cm³/mol. The average Bonchev–Trinajstić information content (AvgIpc) is 2.99. The highest BCUT2D eigenvalue weighted by atomic mass is 32.2. The fraction of sp³-hybridized carbons (Fsp3) is 0.667. The molecule has 3 rings (SSSR count). The van der Waals surface area contributed by atoms with Crippen molar-refractivity contribution in [3.05, 3.63) is 27.7 Å². The first-order valence-corrected chi connectivity index (χ1v) is 9.98. The van der Waals surface area contributed by atoms with Gasteiger partial charge in [0.1, 0.15) is 6.04 Å². The lowest BCUT2D eigenvalue weighted by Gasteiger charge is -2.34. The third kappa shape index (κ3) is 3.23. The number of piperazine rings is 1. The lowest BCUT2D eigenvalue weighted by molar-refractivity contribution is -0.135. The maximum absolute atomic E-state index is 12.7. The summed E-state index contributed by atoms with van der Waals surface area (Å²) in [6.07, 6.45) is 3.86. The minimum atomic E-state index is -3.23. The van der Waals surface area contributed by atoms with Crippen molar-refractivity contribution < 1.29 is 13.2 Å². The Morgan fingerprint density at radius 2 is 1.88 bits per heavy atom. The summed E-state index contributed by atoms with van der Waals surface area (Å²) in [5, 5.41) is 4.37. The number of carbonyl (C=O) groups excluding carboxylic acids is 1. The highest BCUT2D eigenvalue weighted by Gasteiger charge is 2.30. The lowest BCUT2D eigenvalue weighted by atomic mass is 10.2. The van der Waals surface area contributed by atoms with Gasteiger partial charge in [-0.2, -0.15) is 9.40 Å². The van der Waals surface area contributed by atoms with E-state index in [1.807, 2.05) is 0 Å². The number of hydrogen-bond donors (Lipinski definition) is 0. The van der Waals surface area contributed by atoms with E-state index >= 15 is 0 Å². The normalized spacial score (nSPS) is 20.0. The van der Waals surface area contributed by atoms with Crippen LogP contribution in [0.2, 0.25) is 0 Å². The Balaban J connectivity index is 1.73. The zero-order valence-corrected chi connectivity index (χ0v) is 14.8. The third-order valence-corrected chi connectivity index (χ3v) is 6.03. The fourth-order valence-corrected chi connectivity index (χ4v) is 4.13. The van der Waals surface area contributed by atoms with Gasteiger partial charge in [0.05, 0.1) is 11.9 Å². The van der Waals surface area contributed by atoms with Gasteiger partial charge in [-0.05, 0) is 31.7 Å². The summed E-state index contributed by atoms with van der Waals surface area (Å²) < 4.78 is 25.7. The molecule has 24 heavy (non-hydrogen) atoms. The third-order valence-electron chi connectivity index (χ3n) is 4.73. The summed E-state index contributed by atoms with van der Waals surface area (Å²) in [4.78, 5) is 26.5.